The predicted octanol–water partition coefficient (Wildman–Crippen LogP) is 0.349. The molecule has 1 aromatic heterocycles. The van der Waals surface area contributed by atoms with Crippen molar-refractivity contribution in [2.24, 2.45) is 0 Å². The molecule has 0 atom stereocenters. The highest BCUT2D eigenvalue weighted by molar-refractivity contribution is 5.82. The van der Waals surface area contributed by atoms with Crippen molar-refractivity contribution in [1.29, 1.82) is 0 Å². The molecular weight excluding hydrogens is 256 g/mol. The Bertz CT molecular complexity index is 574. The molecule has 108 valence electrons. The van der Waals surface area contributed by atoms with Gasteiger partial charge in [0.05, 0.1) is 30.9 Å². The lowest BCUT2D eigenvalue weighted by Gasteiger charge is -2.29. The van der Waals surface area contributed by atoms with Gasteiger partial charge in [0.1, 0.15) is 0 Å². The minimum Gasteiger partial charge on any atom is -0.394 e. The largest absolute Gasteiger partial charge is 0.394 e. The van der Waals surface area contributed by atoms with Crippen LogP contribution < -0.4 is 5.32 Å². The van der Waals surface area contributed by atoms with Gasteiger partial charge in [-0.25, -0.2) is 0 Å². The van der Waals surface area contributed by atoms with Crippen LogP contribution >= 0.6 is 0 Å². The van der Waals surface area contributed by atoms with Crippen LogP contribution in [-0.4, -0.2) is 45.7 Å². The number of rotatable bonds is 6. The Labute approximate surface area is 117 Å². The molecular formula is C15H20N2O3. The molecule has 1 heterocycles. The van der Waals surface area contributed by atoms with Crippen LogP contribution in [0.4, 0.5) is 0 Å². The van der Waals surface area contributed by atoms with Gasteiger partial charge in [-0.2, -0.15) is 0 Å². The van der Waals surface area contributed by atoms with E-state index in [4.69, 9.17) is 0 Å². The molecule has 0 bridgehead atoms. The average molecular weight is 276 g/mol. The Hall–Kier alpha value is -1.53. The van der Waals surface area contributed by atoms with Gasteiger partial charge in [0.15, 0.2) is 0 Å². The zero-order valence-electron chi connectivity index (χ0n) is 11.5. The van der Waals surface area contributed by atoms with Crippen molar-refractivity contribution < 1.29 is 15.3 Å². The van der Waals surface area contributed by atoms with Crippen molar-refractivity contribution in [2.45, 2.75) is 19.0 Å². The normalized spacial score (nSPS) is 12.0. The maximum Gasteiger partial charge on any atom is 0.0884 e. The minimum absolute atomic E-state index is 0.331. The van der Waals surface area contributed by atoms with E-state index in [0.717, 1.165) is 22.2 Å². The number of nitrogens with one attached hydrogen (secondary N) is 1. The third kappa shape index (κ3) is 2.96. The van der Waals surface area contributed by atoms with Crippen LogP contribution in [0.1, 0.15) is 11.3 Å². The summed E-state index contributed by atoms with van der Waals surface area (Å²) in [5.41, 5.74) is 1.76. The van der Waals surface area contributed by atoms with Crippen LogP contribution in [0.5, 0.6) is 0 Å². The first kappa shape index (κ1) is 14.9. The van der Waals surface area contributed by atoms with E-state index in [9.17, 15) is 15.3 Å². The monoisotopic (exact) mass is 276 g/mol. The summed E-state index contributed by atoms with van der Waals surface area (Å²) in [6, 6.07) is 9.78. The van der Waals surface area contributed by atoms with Gasteiger partial charge >= 0.3 is 0 Å². The number of hydrogen-bond acceptors (Lipinski definition) is 5. The minimum atomic E-state index is -1.07. The summed E-state index contributed by atoms with van der Waals surface area (Å²) in [5, 5.41) is 32.0. The molecule has 0 unspecified atom stereocenters. The second-order valence-electron chi connectivity index (χ2n) is 5.05. The van der Waals surface area contributed by atoms with E-state index in [1.165, 1.54) is 0 Å². The highest BCUT2D eigenvalue weighted by Crippen LogP contribution is 2.18. The number of aliphatic hydroxyl groups excluding tert-OH is 3. The van der Waals surface area contributed by atoms with E-state index >= 15 is 0 Å². The molecule has 5 heteroatoms. The number of pyridine rings is 1. The first-order chi connectivity index (χ1) is 9.64. The quantitative estimate of drug-likeness (QED) is 0.612. The number of nitrogens with zero attached hydrogens (tertiary/aromatic N) is 1. The zero-order chi connectivity index (χ0) is 14.6. The molecule has 0 fully saturated rings. The topological polar surface area (TPSA) is 85.6 Å². The highest BCUT2D eigenvalue weighted by Gasteiger charge is 2.27. The molecule has 4 N–H and O–H groups in total. The molecule has 5 nitrogen and oxygen atoms in total. The average Bonchev–Trinajstić information content (AvgIpc) is 2.49. The van der Waals surface area contributed by atoms with Crippen molar-refractivity contribution in [1.82, 2.24) is 10.3 Å². The van der Waals surface area contributed by atoms with Gasteiger partial charge in [-0.05, 0) is 24.6 Å². The molecule has 2 rings (SSSR count). The van der Waals surface area contributed by atoms with Gasteiger partial charge in [-0.15, -0.1) is 0 Å². The molecule has 1 aromatic carbocycles. The van der Waals surface area contributed by atoms with Crippen molar-refractivity contribution in [2.75, 3.05) is 19.8 Å². The molecule has 0 aliphatic rings. The van der Waals surface area contributed by atoms with Crippen molar-refractivity contribution in [3.05, 3.63) is 41.6 Å². The summed E-state index contributed by atoms with van der Waals surface area (Å²) in [4.78, 5) is 4.47. The Morgan fingerprint density at radius 3 is 2.40 bits per heavy atom. The van der Waals surface area contributed by atoms with Crippen molar-refractivity contribution in [3.8, 4) is 0 Å². The van der Waals surface area contributed by atoms with E-state index in [2.05, 4.69) is 10.3 Å². The van der Waals surface area contributed by atoms with E-state index in [0.29, 0.717) is 6.54 Å². The lowest BCUT2D eigenvalue weighted by Crippen LogP contribution is -2.54. The van der Waals surface area contributed by atoms with Gasteiger partial charge in [0, 0.05) is 17.6 Å². The van der Waals surface area contributed by atoms with E-state index in [1.807, 2.05) is 37.3 Å². The lowest BCUT2D eigenvalue weighted by molar-refractivity contribution is 0.0414. The molecule has 0 aliphatic heterocycles. The lowest BCUT2D eigenvalue weighted by atomic mass is 10.0. The molecule has 0 saturated heterocycles. The van der Waals surface area contributed by atoms with Crippen LogP contribution in [-0.2, 0) is 6.54 Å². The van der Waals surface area contributed by atoms with Gasteiger partial charge in [-0.1, -0.05) is 18.2 Å². The van der Waals surface area contributed by atoms with Crippen LogP contribution in [0.15, 0.2) is 30.3 Å². The van der Waals surface area contributed by atoms with Gasteiger partial charge in [0.2, 0.25) is 0 Å². The Balaban J connectivity index is 2.30. The van der Waals surface area contributed by atoms with Crippen LogP contribution in [0.3, 0.4) is 0 Å². The standard InChI is InChI=1S/C15H20N2O3/c1-11-6-12(7-16-15(8-18,9-19)10-20)13-4-2-3-5-14(13)17-11/h2-6,16,18-20H,7-10H2,1H3. The molecule has 0 saturated carbocycles. The summed E-state index contributed by atoms with van der Waals surface area (Å²) >= 11 is 0. The second kappa shape index (κ2) is 6.28. The Morgan fingerprint density at radius 2 is 1.75 bits per heavy atom. The summed E-state index contributed by atoms with van der Waals surface area (Å²) in [7, 11) is 0. The first-order valence-corrected chi connectivity index (χ1v) is 6.57. The molecule has 2 aromatic rings. The molecule has 0 aliphatic carbocycles. The third-order valence-electron chi connectivity index (χ3n) is 3.49. The molecule has 0 radical (unpaired) electrons. The summed E-state index contributed by atoms with van der Waals surface area (Å²) in [6.07, 6.45) is 0. The first-order valence-electron chi connectivity index (χ1n) is 6.57. The SMILES string of the molecule is Cc1cc(CNC(CO)(CO)CO)c2ccccc2n1. The fourth-order valence-electron chi connectivity index (χ4n) is 2.14. The molecule has 20 heavy (non-hydrogen) atoms. The van der Waals surface area contributed by atoms with Crippen LogP contribution in [0.25, 0.3) is 10.9 Å². The maximum atomic E-state index is 9.33. The Morgan fingerprint density at radius 1 is 1.10 bits per heavy atom. The van der Waals surface area contributed by atoms with Crippen molar-refractivity contribution in [3.63, 3.8) is 0 Å². The number of aliphatic hydroxyl groups is 3. The highest BCUT2D eigenvalue weighted by atomic mass is 16.3. The fourth-order valence-corrected chi connectivity index (χ4v) is 2.14. The third-order valence-corrected chi connectivity index (χ3v) is 3.49. The zero-order valence-corrected chi connectivity index (χ0v) is 11.5. The van der Waals surface area contributed by atoms with Gasteiger partial charge in [0.25, 0.3) is 0 Å². The smallest absolute Gasteiger partial charge is 0.0884 e. The van der Waals surface area contributed by atoms with Crippen LogP contribution in [0.2, 0.25) is 0 Å². The number of aromatic nitrogens is 1. The number of fused-ring (bicyclic) bond motifs is 1. The van der Waals surface area contributed by atoms with E-state index < -0.39 is 5.54 Å². The maximum absolute atomic E-state index is 9.33. The number of benzene rings is 1. The van der Waals surface area contributed by atoms with Gasteiger partial charge in [-0.3, -0.25) is 4.98 Å². The van der Waals surface area contributed by atoms with Crippen molar-refractivity contribution >= 4 is 10.9 Å². The summed E-state index contributed by atoms with van der Waals surface area (Å²) in [6.45, 7) is 1.37. The van der Waals surface area contributed by atoms with E-state index in [1.54, 1.807) is 0 Å². The summed E-state index contributed by atoms with van der Waals surface area (Å²) < 4.78 is 0. The number of para-hydroxylation sites is 1. The molecule has 0 spiro atoms. The van der Waals surface area contributed by atoms with Gasteiger partial charge < -0.3 is 20.6 Å². The Kier molecular flexibility index (Phi) is 4.67. The summed E-state index contributed by atoms with van der Waals surface area (Å²) in [5.74, 6) is 0. The number of hydrogen-bond donors (Lipinski definition) is 4. The number of aryl methyl sites for hydroxylation is 1. The molecule has 0 amide bonds. The second-order valence-corrected chi connectivity index (χ2v) is 5.05. The predicted molar refractivity (Wildman–Crippen MR) is 77.3 cm³/mol. The fraction of sp³-hybridized carbons (Fsp3) is 0.400. The van der Waals surface area contributed by atoms with Crippen LogP contribution in [0, 0.1) is 6.92 Å². The van der Waals surface area contributed by atoms with E-state index in [-0.39, 0.29) is 19.8 Å².